The first-order chi connectivity index (χ1) is 8.88. The zero-order valence-electron chi connectivity index (χ0n) is 12.2. The molecular weight excluding hydrogens is 236 g/mol. The summed E-state index contributed by atoms with van der Waals surface area (Å²) in [4.78, 5) is 4.65. The van der Waals surface area contributed by atoms with Gasteiger partial charge in [-0.2, -0.15) is 0 Å². The maximum Gasteiger partial charge on any atom is 0.200 e. The summed E-state index contributed by atoms with van der Waals surface area (Å²) in [5.74, 6) is 0.809. The van der Waals surface area contributed by atoms with Crippen LogP contribution in [0, 0.1) is 0 Å². The van der Waals surface area contributed by atoms with Crippen molar-refractivity contribution in [3.8, 4) is 0 Å². The number of benzene rings is 1. The zero-order chi connectivity index (χ0) is 13.7. The summed E-state index contributed by atoms with van der Waals surface area (Å²) in [5.41, 5.74) is 3.21. The number of aromatic nitrogens is 1. The third-order valence-electron chi connectivity index (χ3n) is 4.04. The summed E-state index contributed by atoms with van der Waals surface area (Å²) in [5, 5.41) is 3.59. The van der Waals surface area contributed by atoms with E-state index in [9.17, 15) is 0 Å². The molecule has 1 aromatic heterocycles. The molecule has 2 heterocycles. The standard InChI is InChI=1S/C16H22N2O/c1-15(2,3)14-18-12-10-11(6-7-13(12)19-14)16(4)8-5-9-17-16/h6-7,10,17H,5,8-9H2,1-4H3. The first-order valence-electron chi connectivity index (χ1n) is 7.05. The lowest BCUT2D eigenvalue weighted by Crippen LogP contribution is -2.32. The molecule has 3 rings (SSSR count). The Kier molecular flexibility index (Phi) is 2.72. The quantitative estimate of drug-likeness (QED) is 0.847. The normalized spacial score (nSPS) is 24.2. The second-order valence-corrected chi connectivity index (χ2v) is 6.81. The smallest absolute Gasteiger partial charge is 0.200 e. The topological polar surface area (TPSA) is 38.1 Å². The highest BCUT2D eigenvalue weighted by molar-refractivity contribution is 5.74. The summed E-state index contributed by atoms with van der Waals surface area (Å²) in [6, 6.07) is 6.39. The molecule has 0 saturated carbocycles. The maximum absolute atomic E-state index is 5.85. The Morgan fingerprint density at radius 3 is 2.74 bits per heavy atom. The summed E-state index contributed by atoms with van der Waals surface area (Å²) < 4.78 is 5.85. The van der Waals surface area contributed by atoms with Gasteiger partial charge in [0.1, 0.15) is 5.52 Å². The van der Waals surface area contributed by atoms with Gasteiger partial charge < -0.3 is 9.73 Å². The van der Waals surface area contributed by atoms with Crippen molar-refractivity contribution in [3.05, 3.63) is 29.7 Å². The molecular formula is C16H22N2O. The van der Waals surface area contributed by atoms with Crippen molar-refractivity contribution in [3.63, 3.8) is 0 Å². The highest BCUT2D eigenvalue weighted by Crippen LogP contribution is 2.33. The summed E-state index contributed by atoms with van der Waals surface area (Å²) in [6.45, 7) is 9.74. The summed E-state index contributed by atoms with van der Waals surface area (Å²) in [7, 11) is 0. The Bertz CT molecular complexity index is 601. The van der Waals surface area contributed by atoms with Gasteiger partial charge in [0.2, 0.25) is 5.89 Å². The van der Waals surface area contributed by atoms with Crippen molar-refractivity contribution in [2.24, 2.45) is 0 Å². The lowest BCUT2D eigenvalue weighted by atomic mass is 9.90. The molecule has 102 valence electrons. The fourth-order valence-electron chi connectivity index (χ4n) is 2.73. The van der Waals surface area contributed by atoms with E-state index in [4.69, 9.17) is 4.42 Å². The number of fused-ring (bicyclic) bond motifs is 1. The van der Waals surface area contributed by atoms with Crippen LogP contribution in [0.15, 0.2) is 22.6 Å². The monoisotopic (exact) mass is 258 g/mol. The van der Waals surface area contributed by atoms with Crippen LogP contribution in [-0.4, -0.2) is 11.5 Å². The van der Waals surface area contributed by atoms with Gasteiger partial charge in [0.25, 0.3) is 0 Å². The van der Waals surface area contributed by atoms with Crippen LogP contribution in [0.2, 0.25) is 0 Å². The van der Waals surface area contributed by atoms with Crippen LogP contribution in [0.5, 0.6) is 0 Å². The molecule has 0 radical (unpaired) electrons. The molecule has 19 heavy (non-hydrogen) atoms. The third-order valence-corrected chi connectivity index (χ3v) is 4.04. The molecule has 1 aliphatic rings. The molecule has 0 bridgehead atoms. The van der Waals surface area contributed by atoms with Crippen LogP contribution in [0.4, 0.5) is 0 Å². The minimum atomic E-state index is -0.0469. The molecule has 1 N–H and O–H groups in total. The van der Waals surface area contributed by atoms with Gasteiger partial charge in [-0.25, -0.2) is 4.98 Å². The van der Waals surface area contributed by atoms with E-state index in [1.54, 1.807) is 0 Å². The van der Waals surface area contributed by atoms with Gasteiger partial charge in [0.15, 0.2) is 5.58 Å². The number of nitrogens with zero attached hydrogens (tertiary/aromatic N) is 1. The van der Waals surface area contributed by atoms with Crippen molar-refractivity contribution in [1.29, 1.82) is 0 Å². The molecule has 0 spiro atoms. The van der Waals surface area contributed by atoms with Crippen molar-refractivity contribution < 1.29 is 4.42 Å². The third kappa shape index (κ3) is 2.16. The molecule has 1 aliphatic heterocycles. The highest BCUT2D eigenvalue weighted by Gasteiger charge is 2.30. The second-order valence-electron chi connectivity index (χ2n) is 6.81. The lowest BCUT2D eigenvalue weighted by Gasteiger charge is -2.24. The second kappa shape index (κ2) is 4.07. The number of oxazole rings is 1. The van der Waals surface area contributed by atoms with Gasteiger partial charge in [-0.3, -0.25) is 0 Å². The zero-order valence-corrected chi connectivity index (χ0v) is 12.2. The predicted octanol–water partition coefficient (Wildman–Crippen LogP) is 3.72. The molecule has 1 saturated heterocycles. The highest BCUT2D eigenvalue weighted by atomic mass is 16.3. The molecule has 1 atom stereocenters. The number of nitrogens with one attached hydrogen (secondary N) is 1. The van der Waals surface area contributed by atoms with Crippen molar-refractivity contribution in [1.82, 2.24) is 10.3 Å². The molecule has 1 aromatic carbocycles. The Morgan fingerprint density at radius 2 is 2.11 bits per heavy atom. The van der Waals surface area contributed by atoms with Crippen LogP contribution in [0.3, 0.4) is 0 Å². The molecule has 0 aliphatic carbocycles. The van der Waals surface area contributed by atoms with E-state index in [-0.39, 0.29) is 11.0 Å². The summed E-state index contributed by atoms with van der Waals surface area (Å²) >= 11 is 0. The minimum Gasteiger partial charge on any atom is -0.440 e. The molecule has 3 heteroatoms. The van der Waals surface area contributed by atoms with Gasteiger partial charge in [0, 0.05) is 11.0 Å². The molecule has 0 amide bonds. The van der Waals surface area contributed by atoms with Gasteiger partial charge in [0.05, 0.1) is 0 Å². The molecule has 3 nitrogen and oxygen atoms in total. The van der Waals surface area contributed by atoms with Crippen LogP contribution in [0.1, 0.15) is 52.0 Å². The first-order valence-corrected chi connectivity index (χ1v) is 7.05. The Balaban J connectivity index is 2.06. The number of rotatable bonds is 1. The van der Waals surface area contributed by atoms with Crippen molar-refractivity contribution in [2.45, 2.75) is 51.5 Å². The van der Waals surface area contributed by atoms with E-state index >= 15 is 0 Å². The SMILES string of the molecule is CC(C)(C)c1nc2cc(C3(C)CCCN3)ccc2o1. The van der Waals surface area contributed by atoms with Crippen molar-refractivity contribution >= 4 is 11.1 Å². The Labute approximate surface area is 114 Å². The van der Waals surface area contributed by atoms with Crippen LogP contribution in [-0.2, 0) is 11.0 Å². The van der Waals surface area contributed by atoms with E-state index in [0.29, 0.717) is 0 Å². The largest absolute Gasteiger partial charge is 0.440 e. The molecule has 2 aromatic rings. The van der Waals surface area contributed by atoms with E-state index in [0.717, 1.165) is 23.5 Å². The van der Waals surface area contributed by atoms with Crippen LogP contribution < -0.4 is 5.32 Å². The lowest BCUT2D eigenvalue weighted by molar-refractivity contribution is 0.410. The average molecular weight is 258 g/mol. The fourth-order valence-corrected chi connectivity index (χ4v) is 2.73. The number of hydrogen-bond acceptors (Lipinski definition) is 3. The average Bonchev–Trinajstić information content (AvgIpc) is 2.93. The van der Waals surface area contributed by atoms with Gasteiger partial charge in [-0.1, -0.05) is 26.8 Å². The minimum absolute atomic E-state index is 0.0469. The van der Waals surface area contributed by atoms with E-state index in [1.165, 1.54) is 18.4 Å². The van der Waals surface area contributed by atoms with E-state index in [2.05, 4.69) is 56.2 Å². The maximum atomic E-state index is 5.85. The molecule has 1 fully saturated rings. The van der Waals surface area contributed by atoms with Crippen molar-refractivity contribution in [2.75, 3.05) is 6.54 Å². The van der Waals surface area contributed by atoms with Gasteiger partial charge in [-0.05, 0) is 44.0 Å². The van der Waals surface area contributed by atoms with Crippen LogP contribution in [0.25, 0.3) is 11.1 Å². The Morgan fingerprint density at radius 1 is 1.32 bits per heavy atom. The molecule has 1 unspecified atom stereocenters. The first kappa shape index (κ1) is 12.7. The summed E-state index contributed by atoms with van der Waals surface area (Å²) in [6.07, 6.45) is 2.42. The van der Waals surface area contributed by atoms with Crippen LogP contribution >= 0.6 is 0 Å². The van der Waals surface area contributed by atoms with E-state index in [1.807, 2.05) is 0 Å². The van der Waals surface area contributed by atoms with E-state index < -0.39 is 0 Å². The predicted molar refractivity (Wildman–Crippen MR) is 77.3 cm³/mol. The van der Waals surface area contributed by atoms with Gasteiger partial charge >= 0.3 is 0 Å². The Hall–Kier alpha value is -1.35. The van der Waals surface area contributed by atoms with Gasteiger partial charge in [-0.15, -0.1) is 0 Å². The number of hydrogen-bond donors (Lipinski definition) is 1. The fraction of sp³-hybridized carbons (Fsp3) is 0.562.